The molecule has 0 radical (unpaired) electrons. The largest absolute Gasteiger partial charge is 0.503 e. The Morgan fingerprint density at radius 3 is 2.27 bits per heavy atom. The third-order valence-corrected chi connectivity index (χ3v) is 1.03. The molecule has 3 nitrogen and oxygen atoms in total. The van der Waals surface area contributed by atoms with Crippen LogP contribution in [-0.2, 0) is 0 Å². The second-order valence-corrected chi connectivity index (χ2v) is 1.74. The first-order valence-electron chi connectivity index (χ1n) is 2.49. The second-order valence-electron chi connectivity index (χ2n) is 1.74. The molecule has 0 aliphatic rings. The van der Waals surface area contributed by atoms with E-state index in [4.69, 9.17) is 5.11 Å². The van der Waals surface area contributed by atoms with E-state index in [1.54, 1.807) is 0 Å². The van der Waals surface area contributed by atoms with Crippen LogP contribution in [0.1, 0.15) is 0 Å². The molecule has 1 rings (SSSR count). The number of hydrogen-bond donors (Lipinski definition) is 2. The van der Waals surface area contributed by atoms with Gasteiger partial charge in [-0.1, -0.05) is 0 Å². The van der Waals surface area contributed by atoms with Gasteiger partial charge in [0, 0.05) is 0 Å². The Morgan fingerprint density at radius 1 is 1.18 bits per heavy atom. The normalized spacial score (nSPS) is 10.1. The first-order chi connectivity index (χ1) is 5.04. The average molecular weight is 165 g/mol. The van der Waals surface area contributed by atoms with Gasteiger partial charge >= 0.3 is 0 Å². The Hall–Kier alpha value is -1.46. The van der Waals surface area contributed by atoms with Gasteiger partial charge in [0.2, 0.25) is 17.6 Å². The summed E-state index contributed by atoms with van der Waals surface area (Å²) in [4.78, 5) is 11.4. The van der Waals surface area contributed by atoms with Crippen LogP contribution in [0.15, 0.2) is 4.79 Å². The van der Waals surface area contributed by atoms with E-state index in [1.165, 1.54) is 4.98 Å². The van der Waals surface area contributed by atoms with Crippen molar-refractivity contribution < 1.29 is 18.3 Å². The van der Waals surface area contributed by atoms with Crippen molar-refractivity contribution in [3.63, 3.8) is 0 Å². The van der Waals surface area contributed by atoms with Crippen LogP contribution in [0.4, 0.5) is 13.2 Å². The predicted octanol–water partition coefficient (Wildman–Crippen LogP) is 0.498. The number of aromatic nitrogens is 1. The zero-order chi connectivity index (χ0) is 8.59. The molecular weight excluding hydrogens is 163 g/mol. The lowest BCUT2D eigenvalue weighted by molar-refractivity contribution is 0.361. The van der Waals surface area contributed by atoms with Crippen LogP contribution in [0.2, 0.25) is 0 Å². The van der Waals surface area contributed by atoms with Gasteiger partial charge in [-0.2, -0.15) is 13.2 Å². The lowest BCUT2D eigenvalue weighted by Gasteiger charge is -1.95. The molecular formula is C5H2F3NO2. The molecule has 0 bridgehead atoms. The number of hydrogen-bond acceptors (Lipinski definition) is 2. The third-order valence-electron chi connectivity index (χ3n) is 1.03. The monoisotopic (exact) mass is 165 g/mol. The zero-order valence-corrected chi connectivity index (χ0v) is 4.99. The average Bonchev–Trinajstić information content (AvgIpc) is 1.97. The maximum atomic E-state index is 12.2. The fourth-order valence-corrected chi connectivity index (χ4v) is 0.517. The summed E-state index contributed by atoms with van der Waals surface area (Å²) >= 11 is 0. The van der Waals surface area contributed by atoms with Gasteiger partial charge in [0.25, 0.3) is 5.56 Å². The van der Waals surface area contributed by atoms with Crippen LogP contribution in [0, 0.1) is 17.6 Å². The lowest BCUT2D eigenvalue weighted by Crippen LogP contribution is -2.14. The smallest absolute Gasteiger partial charge is 0.290 e. The minimum absolute atomic E-state index is 1.22. The quantitative estimate of drug-likeness (QED) is 0.550. The molecule has 0 saturated heterocycles. The van der Waals surface area contributed by atoms with Crippen LogP contribution in [0.5, 0.6) is 5.75 Å². The van der Waals surface area contributed by atoms with Crippen LogP contribution < -0.4 is 5.56 Å². The molecule has 0 amide bonds. The van der Waals surface area contributed by atoms with E-state index >= 15 is 0 Å². The summed E-state index contributed by atoms with van der Waals surface area (Å²) in [6, 6.07) is 0. The SMILES string of the molecule is O=c1[nH]c(F)c(F)c(O)c1F. The highest BCUT2D eigenvalue weighted by Gasteiger charge is 2.16. The van der Waals surface area contributed by atoms with E-state index in [9.17, 15) is 18.0 Å². The van der Waals surface area contributed by atoms with Crippen LogP contribution in [-0.4, -0.2) is 10.1 Å². The van der Waals surface area contributed by atoms with Gasteiger partial charge in [-0.25, -0.2) is 0 Å². The van der Waals surface area contributed by atoms with E-state index in [2.05, 4.69) is 0 Å². The van der Waals surface area contributed by atoms with E-state index in [-0.39, 0.29) is 0 Å². The fraction of sp³-hybridized carbons (Fsp3) is 0. The molecule has 1 heterocycles. The number of pyridine rings is 1. The molecule has 11 heavy (non-hydrogen) atoms. The lowest BCUT2D eigenvalue weighted by atomic mass is 10.4. The van der Waals surface area contributed by atoms with Crippen molar-refractivity contribution in [3.8, 4) is 5.75 Å². The highest BCUT2D eigenvalue weighted by atomic mass is 19.2. The summed E-state index contributed by atoms with van der Waals surface area (Å²) in [5.74, 6) is -6.83. The predicted molar refractivity (Wildman–Crippen MR) is 28.6 cm³/mol. The van der Waals surface area contributed by atoms with Gasteiger partial charge in [-0.15, -0.1) is 0 Å². The van der Waals surface area contributed by atoms with Crippen molar-refractivity contribution in [3.05, 3.63) is 27.9 Å². The molecule has 0 spiro atoms. The summed E-state index contributed by atoms with van der Waals surface area (Å²) < 4.78 is 36.4. The van der Waals surface area contributed by atoms with Crippen LogP contribution in [0.25, 0.3) is 0 Å². The molecule has 0 atom stereocenters. The summed E-state index contributed by atoms with van der Waals surface area (Å²) in [5, 5.41) is 8.36. The number of H-pyrrole nitrogens is 1. The fourth-order valence-electron chi connectivity index (χ4n) is 0.517. The third kappa shape index (κ3) is 1.06. The minimum atomic E-state index is -1.80. The first kappa shape index (κ1) is 7.64. The number of rotatable bonds is 0. The van der Waals surface area contributed by atoms with Crippen molar-refractivity contribution in [1.29, 1.82) is 0 Å². The molecule has 0 aliphatic heterocycles. The molecule has 0 aromatic carbocycles. The maximum Gasteiger partial charge on any atom is 0.290 e. The number of halogens is 3. The zero-order valence-electron chi connectivity index (χ0n) is 4.99. The van der Waals surface area contributed by atoms with E-state index < -0.39 is 28.9 Å². The molecule has 6 heteroatoms. The summed E-state index contributed by atoms with van der Waals surface area (Å²) in [7, 11) is 0. The molecule has 0 unspecified atom stereocenters. The minimum Gasteiger partial charge on any atom is -0.503 e. The summed E-state index contributed by atoms with van der Waals surface area (Å²) in [6.07, 6.45) is 0. The summed E-state index contributed by atoms with van der Waals surface area (Å²) in [5.41, 5.74) is -1.50. The van der Waals surface area contributed by atoms with Gasteiger partial charge in [0.15, 0.2) is 5.75 Å². The van der Waals surface area contributed by atoms with Gasteiger partial charge in [0.1, 0.15) is 0 Å². The van der Waals surface area contributed by atoms with Gasteiger partial charge in [-0.3, -0.25) is 9.78 Å². The van der Waals surface area contributed by atoms with Crippen molar-refractivity contribution in [2.24, 2.45) is 0 Å². The number of nitrogens with one attached hydrogen (secondary N) is 1. The van der Waals surface area contributed by atoms with E-state index in [1.807, 2.05) is 0 Å². The highest BCUT2D eigenvalue weighted by Crippen LogP contribution is 2.16. The Morgan fingerprint density at radius 2 is 1.73 bits per heavy atom. The molecule has 1 aromatic heterocycles. The number of aromatic amines is 1. The van der Waals surface area contributed by atoms with Gasteiger partial charge in [-0.05, 0) is 0 Å². The van der Waals surface area contributed by atoms with Crippen LogP contribution in [0.3, 0.4) is 0 Å². The Bertz CT molecular complexity index is 346. The Labute approximate surface area is 58.1 Å². The number of aromatic hydroxyl groups is 1. The second kappa shape index (κ2) is 2.30. The molecule has 60 valence electrons. The van der Waals surface area contributed by atoms with Crippen LogP contribution >= 0.6 is 0 Å². The van der Waals surface area contributed by atoms with E-state index in [0.29, 0.717) is 0 Å². The molecule has 2 N–H and O–H groups in total. The van der Waals surface area contributed by atoms with Crippen molar-refractivity contribution in [1.82, 2.24) is 4.98 Å². The maximum absolute atomic E-state index is 12.2. The first-order valence-corrected chi connectivity index (χ1v) is 2.49. The van der Waals surface area contributed by atoms with Crippen molar-refractivity contribution >= 4 is 0 Å². The highest BCUT2D eigenvalue weighted by molar-refractivity contribution is 5.20. The Balaban J connectivity index is 3.59. The standard InChI is InChI=1S/C5H2F3NO2/c6-1-3(10)2(7)5(11)9-4(1)8/h(H2,9,10,11). The molecule has 0 fully saturated rings. The van der Waals surface area contributed by atoms with Gasteiger partial charge in [0.05, 0.1) is 0 Å². The topological polar surface area (TPSA) is 53.1 Å². The molecule has 1 aromatic rings. The molecule has 0 aliphatic carbocycles. The Kier molecular flexibility index (Phi) is 1.60. The molecule has 0 saturated carbocycles. The summed E-state index contributed by atoms with van der Waals surface area (Å²) in [6.45, 7) is 0. The van der Waals surface area contributed by atoms with Crippen molar-refractivity contribution in [2.75, 3.05) is 0 Å². The van der Waals surface area contributed by atoms with E-state index in [0.717, 1.165) is 0 Å². The van der Waals surface area contributed by atoms with Crippen molar-refractivity contribution in [2.45, 2.75) is 0 Å². The van der Waals surface area contributed by atoms with Gasteiger partial charge < -0.3 is 5.11 Å².